The highest BCUT2D eigenvalue weighted by atomic mass is 35.5. The van der Waals surface area contributed by atoms with Crippen LogP contribution in [-0.4, -0.2) is 26.5 Å². The number of ketones is 1. The number of hydrogen-bond acceptors (Lipinski definition) is 5. The summed E-state index contributed by atoms with van der Waals surface area (Å²) < 4.78 is 1.06. The molecule has 134 valence electrons. The lowest BCUT2D eigenvalue weighted by Crippen LogP contribution is -2.19. The molecule has 0 saturated heterocycles. The number of anilines is 1. The lowest BCUT2D eigenvalue weighted by Gasteiger charge is -2.08. The van der Waals surface area contributed by atoms with E-state index >= 15 is 0 Å². The summed E-state index contributed by atoms with van der Waals surface area (Å²) in [5.74, 6) is -0.803. The molecule has 3 heterocycles. The van der Waals surface area contributed by atoms with Crippen LogP contribution in [0.1, 0.15) is 15.2 Å². The standard InChI is InChI=1S/C19H12ClN3O3S/c20-11-3-4-14-13(10-11)16(17(24)15-2-1-9-27-15)18(25)23(14)19(26)22-12-5-7-21-8-6-12/h1-10,25H,(H,21,22,26). The van der Waals surface area contributed by atoms with Gasteiger partial charge in [0.25, 0.3) is 0 Å². The Hall–Kier alpha value is -3.16. The number of fused-ring (bicyclic) bond motifs is 1. The molecule has 1 amide bonds. The third-order valence-electron chi connectivity index (χ3n) is 4.01. The molecule has 0 radical (unpaired) electrons. The van der Waals surface area contributed by atoms with Gasteiger partial charge in [0.05, 0.1) is 16.0 Å². The first kappa shape index (κ1) is 17.3. The second kappa shape index (κ2) is 6.86. The van der Waals surface area contributed by atoms with Crippen molar-refractivity contribution in [1.82, 2.24) is 9.55 Å². The van der Waals surface area contributed by atoms with Gasteiger partial charge in [-0.3, -0.25) is 9.78 Å². The predicted octanol–water partition coefficient (Wildman–Crippen LogP) is 4.77. The van der Waals surface area contributed by atoms with Gasteiger partial charge >= 0.3 is 6.03 Å². The van der Waals surface area contributed by atoms with Crippen molar-refractivity contribution in [2.75, 3.05) is 5.32 Å². The highest BCUT2D eigenvalue weighted by molar-refractivity contribution is 7.12. The van der Waals surface area contributed by atoms with Crippen LogP contribution >= 0.6 is 22.9 Å². The third kappa shape index (κ3) is 3.07. The minimum absolute atomic E-state index is 0.0415. The van der Waals surface area contributed by atoms with E-state index in [4.69, 9.17) is 11.6 Å². The SMILES string of the molecule is O=C(c1cccs1)c1c(O)n(C(=O)Nc2ccncc2)c2ccc(Cl)cc12. The second-order valence-corrected chi connectivity index (χ2v) is 7.05. The van der Waals surface area contributed by atoms with E-state index in [0.717, 1.165) is 4.57 Å². The quantitative estimate of drug-likeness (QED) is 0.488. The van der Waals surface area contributed by atoms with E-state index in [1.165, 1.54) is 23.7 Å². The summed E-state index contributed by atoms with van der Waals surface area (Å²) in [7, 11) is 0. The number of hydrogen-bond donors (Lipinski definition) is 2. The molecule has 8 heteroatoms. The Balaban J connectivity index is 1.87. The Morgan fingerprint density at radius 2 is 1.93 bits per heavy atom. The number of carbonyl (C=O) groups is 2. The molecule has 1 aromatic carbocycles. The maximum atomic E-state index is 12.9. The van der Waals surface area contributed by atoms with Gasteiger partial charge in [-0.05, 0) is 41.8 Å². The number of carbonyl (C=O) groups excluding carboxylic acids is 2. The molecular weight excluding hydrogens is 386 g/mol. The van der Waals surface area contributed by atoms with E-state index in [2.05, 4.69) is 10.3 Å². The Morgan fingerprint density at radius 1 is 1.15 bits per heavy atom. The maximum Gasteiger partial charge on any atom is 0.333 e. The minimum Gasteiger partial charge on any atom is -0.494 e. The van der Waals surface area contributed by atoms with E-state index in [0.29, 0.717) is 26.5 Å². The first-order valence-corrected chi connectivity index (χ1v) is 9.14. The molecule has 0 saturated carbocycles. The largest absolute Gasteiger partial charge is 0.494 e. The molecule has 3 aromatic heterocycles. The molecule has 4 aromatic rings. The fourth-order valence-corrected chi connectivity index (χ4v) is 3.67. The first-order chi connectivity index (χ1) is 13.1. The van der Waals surface area contributed by atoms with Gasteiger partial charge in [-0.15, -0.1) is 11.3 Å². The molecule has 0 spiro atoms. The van der Waals surface area contributed by atoms with Crippen LogP contribution in [0, 0.1) is 0 Å². The predicted molar refractivity (Wildman–Crippen MR) is 105 cm³/mol. The van der Waals surface area contributed by atoms with Gasteiger partial charge in [0.1, 0.15) is 0 Å². The summed E-state index contributed by atoms with van der Waals surface area (Å²) in [4.78, 5) is 30.0. The number of halogens is 1. The number of thiophene rings is 1. The molecule has 0 atom stereocenters. The van der Waals surface area contributed by atoms with Crippen molar-refractivity contribution in [2.45, 2.75) is 0 Å². The molecule has 27 heavy (non-hydrogen) atoms. The molecule has 0 aliphatic rings. The van der Waals surface area contributed by atoms with Crippen LogP contribution in [0.5, 0.6) is 5.88 Å². The van der Waals surface area contributed by atoms with Crippen LogP contribution in [0.25, 0.3) is 10.9 Å². The number of nitrogens with one attached hydrogen (secondary N) is 1. The number of nitrogens with zero attached hydrogens (tertiary/aromatic N) is 2. The molecule has 0 fully saturated rings. The summed E-state index contributed by atoms with van der Waals surface area (Å²) in [6.45, 7) is 0. The molecule has 6 nitrogen and oxygen atoms in total. The zero-order valence-electron chi connectivity index (χ0n) is 13.7. The normalized spacial score (nSPS) is 10.9. The number of aromatic hydroxyl groups is 1. The number of pyridine rings is 1. The fraction of sp³-hybridized carbons (Fsp3) is 0. The number of aromatic nitrogens is 2. The average molecular weight is 398 g/mol. The molecule has 4 rings (SSSR count). The van der Waals surface area contributed by atoms with Crippen LogP contribution in [0.4, 0.5) is 10.5 Å². The van der Waals surface area contributed by atoms with E-state index in [-0.39, 0.29) is 11.3 Å². The Kier molecular flexibility index (Phi) is 4.39. The van der Waals surface area contributed by atoms with Crippen LogP contribution < -0.4 is 5.32 Å². The smallest absolute Gasteiger partial charge is 0.333 e. The maximum absolute atomic E-state index is 12.9. The number of benzene rings is 1. The number of amides is 1. The molecule has 0 unspecified atom stereocenters. The van der Waals surface area contributed by atoms with Crippen LogP contribution in [0.15, 0.2) is 60.2 Å². The van der Waals surface area contributed by atoms with Gasteiger partial charge in [0.2, 0.25) is 11.7 Å². The van der Waals surface area contributed by atoms with Crippen molar-refractivity contribution in [3.63, 3.8) is 0 Å². The minimum atomic E-state index is -0.601. The molecule has 0 aliphatic heterocycles. The molecular formula is C19H12ClN3O3S. The highest BCUT2D eigenvalue weighted by Gasteiger charge is 2.27. The zero-order valence-corrected chi connectivity index (χ0v) is 15.3. The van der Waals surface area contributed by atoms with Crippen molar-refractivity contribution in [3.05, 3.63) is 75.7 Å². The van der Waals surface area contributed by atoms with Gasteiger partial charge < -0.3 is 10.4 Å². The van der Waals surface area contributed by atoms with Gasteiger partial charge in [-0.25, -0.2) is 9.36 Å². The second-order valence-electron chi connectivity index (χ2n) is 5.67. The van der Waals surface area contributed by atoms with Crippen LogP contribution in [0.3, 0.4) is 0 Å². The summed E-state index contributed by atoms with van der Waals surface area (Å²) in [5, 5.41) is 16.0. The van der Waals surface area contributed by atoms with Crippen molar-refractivity contribution in [1.29, 1.82) is 0 Å². The summed E-state index contributed by atoms with van der Waals surface area (Å²) in [5.41, 5.74) is 0.930. The molecule has 0 aliphatic carbocycles. The topological polar surface area (TPSA) is 84.2 Å². The van der Waals surface area contributed by atoms with Gasteiger partial charge in [0.15, 0.2) is 0 Å². The van der Waals surface area contributed by atoms with Crippen molar-refractivity contribution in [2.24, 2.45) is 0 Å². The van der Waals surface area contributed by atoms with E-state index in [9.17, 15) is 14.7 Å². The van der Waals surface area contributed by atoms with E-state index in [1.807, 2.05) is 0 Å². The lowest BCUT2D eigenvalue weighted by atomic mass is 10.1. The Labute approximate surface area is 162 Å². The van der Waals surface area contributed by atoms with Crippen LogP contribution in [-0.2, 0) is 0 Å². The van der Waals surface area contributed by atoms with E-state index in [1.54, 1.807) is 47.8 Å². The first-order valence-electron chi connectivity index (χ1n) is 7.89. The Morgan fingerprint density at radius 3 is 2.63 bits per heavy atom. The summed E-state index contributed by atoms with van der Waals surface area (Å²) >= 11 is 7.34. The van der Waals surface area contributed by atoms with E-state index < -0.39 is 11.9 Å². The molecule has 0 bridgehead atoms. The van der Waals surface area contributed by atoms with Crippen LogP contribution in [0.2, 0.25) is 5.02 Å². The highest BCUT2D eigenvalue weighted by Crippen LogP contribution is 2.35. The van der Waals surface area contributed by atoms with Gasteiger partial charge in [0, 0.05) is 28.5 Å². The fourth-order valence-electron chi connectivity index (χ4n) is 2.82. The van der Waals surface area contributed by atoms with Crippen molar-refractivity contribution < 1.29 is 14.7 Å². The summed E-state index contributed by atoms with van der Waals surface area (Å²) in [6, 6.07) is 10.8. The number of rotatable bonds is 3. The molecule has 2 N–H and O–H groups in total. The van der Waals surface area contributed by atoms with Gasteiger partial charge in [-0.2, -0.15) is 0 Å². The van der Waals surface area contributed by atoms with Crippen molar-refractivity contribution in [3.8, 4) is 5.88 Å². The zero-order chi connectivity index (χ0) is 19.0. The van der Waals surface area contributed by atoms with Crippen molar-refractivity contribution >= 4 is 51.3 Å². The Bertz CT molecular complexity index is 1150. The van der Waals surface area contributed by atoms with Gasteiger partial charge in [-0.1, -0.05) is 17.7 Å². The third-order valence-corrected chi connectivity index (χ3v) is 5.11. The summed E-state index contributed by atoms with van der Waals surface area (Å²) in [6.07, 6.45) is 3.07. The monoisotopic (exact) mass is 397 g/mol. The average Bonchev–Trinajstić information content (AvgIpc) is 3.28. The lowest BCUT2D eigenvalue weighted by molar-refractivity contribution is 0.104.